The summed E-state index contributed by atoms with van der Waals surface area (Å²) >= 11 is 3.45. The lowest BCUT2D eigenvalue weighted by atomic mass is 9.78. The van der Waals surface area contributed by atoms with Gasteiger partial charge in [-0.05, 0) is 59.6 Å². The first-order valence-corrected chi connectivity index (χ1v) is 12.6. The summed E-state index contributed by atoms with van der Waals surface area (Å²) in [7, 11) is 0. The van der Waals surface area contributed by atoms with Crippen LogP contribution in [0.4, 0.5) is 0 Å². The van der Waals surface area contributed by atoms with Crippen molar-refractivity contribution < 1.29 is 0 Å². The number of imidazole rings is 1. The fourth-order valence-electron chi connectivity index (χ4n) is 3.94. The lowest BCUT2D eigenvalue weighted by Crippen LogP contribution is -2.48. The molecule has 1 unspecified atom stereocenters. The third kappa shape index (κ3) is 7.70. The smallest absolute Gasteiger partial charge is 0.136 e. The Kier molecular flexibility index (Phi) is 11.1. The van der Waals surface area contributed by atoms with E-state index in [1.165, 1.54) is 11.3 Å². The van der Waals surface area contributed by atoms with Gasteiger partial charge in [-0.3, -0.25) is 4.90 Å². The summed E-state index contributed by atoms with van der Waals surface area (Å²) in [4.78, 5) is 6.67. The van der Waals surface area contributed by atoms with Gasteiger partial charge in [-0.25, -0.2) is 4.98 Å². The zero-order chi connectivity index (χ0) is 24.3. The van der Waals surface area contributed by atoms with Crippen LogP contribution in [0, 0.1) is 0 Å². The van der Waals surface area contributed by atoms with Crippen LogP contribution in [0.25, 0.3) is 5.65 Å². The van der Waals surface area contributed by atoms with Gasteiger partial charge in [0.25, 0.3) is 0 Å². The zero-order valence-corrected chi connectivity index (χ0v) is 22.2. The van der Waals surface area contributed by atoms with Gasteiger partial charge in [-0.1, -0.05) is 64.1 Å². The molecule has 3 aromatic rings. The molecule has 0 aliphatic rings. The van der Waals surface area contributed by atoms with E-state index >= 15 is 0 Å². The van der Waals surface area contributed by atoms with Crippen molar-refractivity contribution in [2.24, 2.45) is 5.73 Å². The molecule has 0 spiro atoms. The fourth-order valence-corrected chi connectivity index (χ4v) is 4.28. The molecule has 180 valence electrons. The van der Waals surface area contributed by atoms with Crippen LogP contribution in [0.15, 0.2) is 72.1 Å². The van der Waals surface area contributed by atoms with E-state index in [0.29, 0.717) is 12.7 Å². The maximum Gasteiger partial charge on any atom is 0.136 e. The van der Waals surface area contributed by atoms with Crippen molar-refractivity contribution >= 4 is 21.6 Å². The Morgan fingerprint density at radius 2 is 1.97 bits per heavy atom. The van der Waals surface area contributed by atoms with Crippen molar-refractivity contribution in [3.05, 3.63) is 83.4 Å². The minimum absolute atomic E-state index is 0.0759. The summed E-state index contributed by atoms with van der Waals surface area (Å²) in [6.45, 7) is 15.2. The topological polar surface area (TPSA) is 58.6 Å². The second-order valence-corrected chi connectivity index (χ2v) is 9.76. The number of benzene rings is 1. The van der Waals surface area contributed by atoms with Crippen molar-refractivity contribution in [1.82, 2.24) is 19.6 Å². The molecule has 33 heavy (non-hydrogen) atoms. The van der Waals surface area contributed by atoms with Gasteiger partial charge in [0.05, 0.1) is 0 Å². The highest BCUT2D eigenvalue weighted by atomic mass is 79.9. The van der Waals surface area contributed by atoms with Crippen LogP contribution in [0.1, 0.15) is 51.8 Å². The molecule has 5 nitrogen and oxygen atoms in total. The van der Waals surface area contributed by atoms with Crippen LogP contribution in [0.2, 0.25) is 0 Å². The minimum atomic E-state index is 0.0759. The standard InChI is InChI=1S/C17H29N3.C10H11BrN2/c1-5-19-12-9-13-20(14-18)15(2)17(3,4)16-10-7-6-8-11-16;1-2-3-9-6-12-10-5-4-8(11)7-13(9)10/h5-8,10-11,15,19H,1,9,12-14,18H2,2-4H3;4-7H,2-3H2,1H3. The second kappa shape index (κ2) is 13.5. The van der Waals surface area contributed by atoms with Gasteiger partial charge in [0.1, 0.15) is 5.65 Å². The van der Waals surface area contributed by atoms with E-state index < -0.39 is 0 Å². The Morgan fingerprint density at radius 3 is 2.61 bits per heavy atom. The van der Waals surface area contributed by atoms with Crippen molar-refractivity contribution in [2.75, 3.05) is 19.8 Å². The Balaban J connectivity index is 0.000000254. The maximum atomic E-state index is 5.95. The first kappa shape index (κ1) is 27.1. The average Bonchev–Trinajstić information content (AvgIpc) is 3.22. The van der Waals surface area contributed by atoms with E-state index in [0.717, 1.165) is 42.5 Å². The van der Waals surface area contributed by atoms with E-state index in [2.05, 4.69) is 106 Å². The van der Waals surface area contributed by atoms with E-state index in [9.17, 15) is 0 Å². The molecule has 0 aliphatic carbocycles. The molecule has 0 radical (unpaired) electrons. The molecule has 0 aliphatic heterocycles. The molecule has 3 rings (SSSR count). The van der Waals surface area contributed by atoms with Crippen molar-refractivity contribution in [3.8, 4) is 0 Å². The molecule has 3 N–H and O–H groups in total. The number of rotatable bonds is 11. The van der Waals surface area contributed by atoms with E-state index in [1.807, 2.05) is 18.3 Å². The Hall–Kier alpha value is -2.15. The molecular formula is C27H40BrN5. The Bertz CT molecular complexity index is 967. The molecule has 1 aromatic carbocycles. The fraction of sp³-hybridized carbons (Fsp3) is 0.444. The number of pyridine rings is 1. The zero-order valence-electron chi connectivity index (χ0n) is 20.6. The number of nitrogens with two attached hydrogens (primary N) is 1. The van der Waals surface area contributed by atoms with Crippen molar-refractivity contribution in [2.45, 2.75) is 58.4 Å². The number of aromatic nitrogens is 2. The lowest BCUT2D eigenvalue weighted by molar-refractivity contribution is 0.148. The SMILES string of the molecule is C=CNCCCN(CN)C(C)C(C)(C)c1ccccc1.CCCc1cnc2ccc(Br)cn12. The Labute approximate surface area is 208 Å². The van der Waals surface area contributed by atoms with Gasteiger partial charge in [-0.15, -0.1) is 0 Å². The molecule has 0 bridgehead atoms. The predicted molar refractivity (Wildman–Crippen MR) is 144 cm³/mol. The normalized spacial score (nSPS) is 12.3. The predicted octanol–water partition coefficient (Wildman–Crippen LogP) is 5.74. The molecule has 2 aromatic heterocycles. The number of hydrogen-bond donors (Lipinski definition) is 2. The van der Waals surface area contributed by atoms with E-state index in [1.54, 1.807) is 6.20 Å². The summed E-state index contributed by atoms with van der Waals surface area (Å²) in [5, 5.41) is 3.13. The largest absolute Gasteiger partial charge is 0.391 e. The second-order valence-electron chi connectivity index (χ2n) is 8.85. The molecule has 0 saturated heterocycles. The van der Waals surface area contributed by atoms with Crippen LogP contribution in [-0.2, 0) is 11.8 Å². The minimum Gasteiger partial charge on any atom is -0.391 e. The summed E-state index contributed by atoms with van der Waals surface area (Å²) in [6, 6.07) is 15.1. The summed E-state index contributed by atoms with van der Waals surface area (Å²) < 4.78 is 3.23. The third-order valence-electron chi connectivity index (χ3n) is 6.31. The third-order valence-corrected chi connectivity index (χ3v) is 6.78. The van der Waals surface area contributed by atoms with Crippen LogP contribution >= 0.6 is 15.9 Å². The molecule has 6 heteroatoms. The first-order chi connectivity index (χ1) is 15.8. The highest BCUT2D eigenvalue weighted by Gasteiger charge is 2.31. The van der Waals surface area contributed by atoms with E-state index in [4.69, 9.17) is 5.73 Å². The molecular weight excluding hydrogens is 474 g/mol. The number of fused-ring (bicyclic) bond motifs is 1. The molecule has 0 fully saturated rings. The highest BCUT2D eigenvalue weighted by Crippen LogP contribution is 2.29. The van der Waals surface area contributed by atoms with Gasteiger partial charge >= 0.3 is 0 Å². The van der Waals surface area contributed by atoms with Crippen LogP contribution in [0.3, 0.4) is 0 Å². The number of nitrogens with one attached hydrogen (secondary N) is 1. The first-order valence-electron chi connectivity index (χ1n) is 11.8. The maximum absolute atomic E-state index is 5.95. The van der Waals surface area contributed by atoms with Gasteiger partial charge < -0.3 is 15.5 Å². The number of halogens is 1. The monoisotopic (exact) mass is 513 g/mol. The lowest BCUT2D eigenvalue weighted by Gasteiger charge is -2.40. The van der Waals surface area contributed by atoms with Gasteiger partial charge in [-0.2, -0.15) is 0 Å². The Morgan fingerprint density at radius 1 is 1.24 bits per heavy atom. The van der Waals surface area contributed by atoms with Crippen molar-refractivity contribution in [3.63, 3.8) is 0 Å². The number of nitrogens with zero attached hydrogens (tertiary/aromatic N) is 3. The van der Waals surface area contributed by atoms with Gasteiger partial charge in [0, 0.05) is 53.8 Å². The highest BCUT2D eigenvalue weighted by molar-refractivity contribution is 9.10. The van der Waals surface area contributed by atoms with Crippen molar-refractivity contribution in [1.29, 1.82) is 0 Å². The number of hydrogen-bond acceptors (Lipinski definition) is 4. The van der Waals surface area contributed by atoms with Gasteiger partial charge in [0.2, 0.25) is 0 Å². The van der Waals surface area contributed by atoms with E-state index in [-0.39, 0.29) is 5.41 Å². The molecule has 1 atom stereocenters. The average molecular weight is 515 g/mol. The molecule has 0 amide bonds. The van der Waals surface area contributed by atoms with Gasteiger partial charge in [0.15, 0.2) is 0 Å². The van der Waals surface area contributed by atoms with Crippen LogP contribution in [-0.4, -0.2) is 40.1 Å². The number of aryl methyl sites for hydroxylation is 1. The summed E-state index contributed by atoms with van der Waals surface area (Å²) in [5.74, 6) is 0. The quantitative estimate of drug-likeness (QED) is 0.253. The summed E-state index contributed by atoms with van der Waals surface area (Å²) in [5.41, 5.74) is 9.68. The molecule has 0 saturated carbocycles. The van der Waals surface area contributed by atoms with Crippen LogP contribution in [0.5, 0.6) is 0 Å². The summed E-state index contributed by atoms with van der Waals surface area (Å²) in [6.07, 6.45) is 9.05. The molecule has 2 heterocycles. The van der Waals surface area contributed by atoms with Crippen LogP contribution < -0.4 is 11.1 Å².